The zero-order chi connectivity index (χ0) is 27.9. The van der Waals surface area contributed by atoms with E-state index >= 15 is 0 Å². The highest BCUT2D eigenvalue weighted by molar-refractivity contribution is 5.81. The van der Waals surface area contributed by atoms with Crippen molar-refractivity contribution in [3.8, 4) is 12.8 Å². The largest absolute Gasteiger partial charge is 0.483 e. The number of carboxylic acid groups (broad SMARTS) is 1. The van der Waals surface area contributed by atoms with Crippen LogP contribution in [0.4, 0.5) is 0 Å². The van der Waals surface area contributed by atoms with Crippen LogP contribution in [0.1, 0.15) is 58.8 Å². The molecule has 0 aliphatic carbocycles. The summed E-state index contributed by atoms with van der Waals surface area (Å²) in [7, 11) is 3.22. The van der Waals surface area contributed by atoms with E-state index < -0.39 is 6.10 Å². The van der Waals surface area contributed by atoms with Gasteiger partial charge in [0.1, 0.15) is 6.10 Å². The summed E-state index contributed by atoms with van der Waals surface area (Å²) < 4.78 is 11.0. The average molecular weight is 507 g/mol. The first-order chi connectivity index (χ1) is 17.3. The van der Waals surface area contributed by atoms with Gasteiger partial charge in [0, 0.05) is 39.8 Å². The minimum absolute atomic E-state index is 0.0219. The number of methoxy groups -OCH3 is 2. The van der Waals surface area contributed by atoms with Crippen molar-refractivity contribution >= 4 is 18.3 Å². The number of carbonyl (C=O) groups is 3. The van der Waals surface area contributed by atoms with Crippen LogP contribution in [-0.2, 0) is 23.9 Å². The Morgan fingerprint density at radius 3 is 2.39 bits per heavy atom. The van der Waals surface area contributed by atoms with E-state index in [2.05, 4.69) is 45.2 Å². The van der Waals surface area contributed by atoms with Crippen molar-refractivity contribution in [1.29, 1.82) is 0 Å². The maximum Gasteiger partial charge on any atom is 0.290 e. The van der Waals surface area contributed by atoms with E-state index in [1.165, 1.54) is 0 Å². The molecule has 2 amide bonds. The number of terminal acetylenes is 1. The second-order valence-corrected chi connectivity index (χ2v) is 8.48. The number of nitrogens with one attached hydrogen (secondary N) is 1. The van der Waals surface area contributed by atoms with Crippen molar-refractivity contribution < 1.29 is 29.0 Å². The summed E-state index contributed by atoms with van der Waals surface area (Å²) in [5.74, 6) is 0.491. The molecule has 36 heavy (non-hydrogen) atoms. The van der Waals surface area contributed by atoms with Crippen LogP contribution in [0.25, 0.3) is 0 Å². The number of amides is 2. The highest BCUT2D eigenvalue weighted by atomic mass is 16.5. The molecule has 1 aliphatic heterocycles. The van der Waals surface area contributed by atoms with Crippen LogP contribution < -0.4 is 5.32 Å². The fourth-order valence-corrected chi connectivity index (χ4v) is 4.01. The van der Waals surface area contributed by atoms with Crippen LogP contribution in [-0.4, -0.2) is 73.9 Å². The summed E-state index contributed by atoms with van der Waals surface area (Å²) in [6.45, 7) is 12.8. The lowest BCUT2D eigenvalue weighted by Gasteiger charge is -2.29. The average Bonchev–Trinajstić information content (AvgIpc) is 3.36. The molecule has 204 valence electrons. The van der Waals surface area contributed by atoms with E-state index in [9.17, 15) is 9.59 Å². The van der Waals surface area contributed by atoms with Gasteiger partial charge in [-0.15, -0.1) is 12.8 Å². The van der Waals surface area contributed by atoms with Crippen LogP contribution >= 0.6 is 0 Å². The van der Waals surface area contributed by atoms with Crippen molar-refractivity contribution in [3.05, 3.63) is 37.0 Å². The van der Waals surface area contributed by atoms with Gasteiger partial charge in [-0.1, -0.05) is 51.7 Å². The van der Waals surface area contributed by atoms with E-state index in [1.54, 1.807) is 26.4 Å². The number of likely N-dealkylation sites (tertiary alicyclic amines) is 1. The van der Waals surface area contributed by atoms with Gasteiger partial charge < -0.3 is 24.8 Å². The first-order valence-corrected chi connectivity index (χ1v) is 12.3. The molecule has 0 spiro atoms. The minimum Gasteiger partial charge on any atom is -0.483 e. The zero-order valence-electron chi connectivity index (χ0n) is 22.5. The molecule has 8 heteroatoms. The number of allylic oxidation sites excluding steroid dienone is 3. The molecule has 4 unspecified atom stereocenters. The Labute approximate surface area is 217 Å². The zero-order valence-corrected chi connectivity index (χ0v) is 22.5. The van der Waals surface area contributed by atoms with Crippen molar-refractivity contribution in [2.45, 2.75) is 77.0 Å². The van der Waals surface area contributed by atoms with Gasteiger partial charge in [0.15, 0.2) is 0 Å². The van der Waals surface area contributed by atoms with Crippen LogP contribution in [0.15, 0.2) is 37.0 Å². The number of carbonyl (C=O) groups excluding carboxylic acids is 2. The lowest BCUT2D eigenvalue weighted by Crippen LogP contribution is -2.43. The van der Waals surface area contributed by atoms with Crippen molar-refractivity contribution in [2.75, 3.05) is 27.3 Å². The van der Waals surface area contributed by atoms with Crippen molar-refractivity contribution in [1.82, 2.24) is 10.2 Å². The van der Waals surface area contributed by atoms with E-state index in [4.69, 9.17) is 19.4 Å². The van der Waals surface area contributed by atoms with E-state index in [0.717, 1.165) is 37.8 Å². The minimum atomic E-state index is -0.577. The van der Waals surface area contributed by atoms with Crippen LogP contribution in [0.5, 0.6) is 0 Å². The first kappa shape index (κ1) is 35.3. The molecule has 0 bridgehead atoms. The summed E-state index contributed by atoms with van der Waals surface area (Å²) in [6.07, 6.45) is 18.1. The van der Waals surface area contributed by atoms with Crippen LogP contribution in [0.2, 0.25) is 0 Å². The Morgan fingerprint density at radius 1 is 1.25 bits per heavy atom. The van der Waals surface area contributed by atoms with Gasteiger partial charge in [0.05, 0.1) is 12.5 Å². The standard InChI is InChI=1S/C25H42N2O4.C2H2.CH2O2/c1-7-11-20(9-3)13-14-26-25(29)23(31-6)17-21-12-10-15-27(21)24(28)18-22(30-5)16-19(4)8-2;1-2;2-1-3/h7,9,11,19,21-23H,1,3,8,10,12-18H2,2,4-6H3,(H,26,29);1-2H;1H,(H,2,3)/b20-11+;;. The maximum absolute atomic E-state index is 13.0. The van der Waals surface area contributed by atoms with Gasteiger partial charge in [0.25, 0.3) is 6.47 Å². The monoisotopic (exact) mass is 506 g/mol. The molecular weight excluding hydrogens is 460 g/mol. The lowest BCUT2D eigenvalue weighted by atomic mass is 9.98. The fraction of sp³-hybridized carbons (Fsp3) is 0.607. The van der Waals surface area contributed by atoms with Gasteiger partial charge in [-0.2, -0.15) is 0 Å². The lowest BCUT2D eigenvalue weighted by molar-refractivity contribution is -0.138. The molecule has 8 nitrogen and oxygen atoms in total. The van der Waals surface area contributed by atoms with E-state index in [-0.39, 0.29) is 30.4 Å². The molecule has 4 atom stereocenters. The maximum atomic E-state index is 13.0. The van der Waals surface area contributed by atoms with Crippen molar-refractivity contribution in [2.24, 2.45) is 5.92 Å². The van der Waals surface area contributed by atoms with E-state index in [0.29, 0.717) is 31.7 Å². The third kappa shape index (κ3) is 14.5. The SMILES string of the molecule is C#C.C=C/C=C(\C=C)CCNC(=O)C(CC1CCCN1C(=O)CC(CC(C)CC)OC)OC.O=CO. The molecule has 1 rings (SSSR count). The Kier molecular flexibility index (Phi) is 22.1. The quantitative estimate of drug-likeness (QED) is 0.198. The molecule has 1 heterocycles. The number of rotatable bonds is 15. The molecule has 0 aromatic carbocycles. The molecule has 1 saturated heterocycles. The summed E-state index contributed by atoms with van der Waals surface area (Å²) in [5.41, 5.74) is 1.02. The predicted molar refractivity (Wildman–Crippen MR) is 144 cm³/mol. The number of nitrogens with zero attached hydrogens (tertiary/aromatic N) is 1. The summed E-state index contributed by atoms with van der Waals surface area (Å²) >= 11 is 0. The smallest absolute Gasteiger partial charge is 0.290 e. The third-order valence-electron chi connectivity index (χ3n) is 6.17. The number of hydrogen-bond donors (Lipinski definition) is 2. The molecule has 1 aliphatic rings. The molecule has 0 saturated carbocycles. The topological polar surface area (TPSA) is 105 Å². The molecule has 0 aromatic rings. The molecule has 0 radical (unpaired) electrons. The molecular formula is C28H46N2O6. The Bertz CT molecular complexity index is 703. The molecule has 2 N–H and O–H groups in total. The van der Waals surface area contributed by atoms with E-state index in [1.807, 2.05) is 11.0 Å². The third-order valence-corrected chi connectivity index (χ3v) is 6.17. The fourth-order valence-electron chi connectivity index (χ4n) is 4.01. The van der Waals surface area contributed by atoms with Gasteiger partial charge in [-0.25, -0.2) is 0 Å². The molecule has 1 fully saturated rings. The summed E-state index contributed by atoms with van der Waals surface area (Å²) in [4.78, 5) is 35.9. The van der Waals surface area contributed by atoms with Gasteiger partial charge in [-0.3, -0.25) is 14.4 Å². The summed E-state index contributed by atoms with van der Waals surface area (Å²) in [6, 6.07) is 0.0219. The summed E-state index contributed by atoms with van der Waals surface area (Å²) in [5, 5.41) is 9.82. The Balaban J connectivity index is 0. The normalized spacial score (nSPS) is 17.2. The van der Waals surface area contributed by atoms with Gasteiger partial charge in [0.2, 0.25) is 11.8 Å². The first-order valence-electron chi connectivity index (χ1n) is 12.3. The second kappa shape index (κ2) is 22.6. The Morgan fingerprint density at radius 2 is 1.89 bits per heavy atom. The predicted octanol–water partition coefficient (Wildman–Crippen LogP) is 3.98. The highest BCUT2D eigenvalue weighted by Gasteiger charge is 2.33. The molecule has 0 aromatic heterocycles. The Hall–Kier alpha value is -2.89. The number of hydrogen-bond acceptors (Lipinski definition) is 5. The second-order valence-electron chi connectivity index (χ2n) is 8.48. The van der Waals surface area contributed by atoms with Crippen LogP contribution in [0.3, 0.4) is 0 Å². The number of ether oxygens (including phenoxy) is 2. The van der Waals surface area contributed by atoms with Crippen molar-refractivity contribution in [3.63, 3.8) is 0 Å². The van der Waals surface area contributed by atoms with Gasteiger partial charge in [-0.05, 0) is 37.2 Å². The van der Waals surface area contributed by atoms with Gasteiger partial charge >= 0.3 is 0 Å². The van der Waals surface area contributed by atoms with Crippen LogP contribution in [0, 0.1) is 18.8 Å². The highest BCUT2D eigenvalue weighted by Crippen LogP contribution is 2.25.